The number of rotatable bonds is 3. The van der Waals surface area contributed by atoms with Crippen LogP contribution in [0, 0.1) is 0 Å². The minimum atomic E-state index is 0.452. The van der Waals surface area contributed by atoms with Gasteiger partial charge < -0.3 is 0 Å². The molecule has 0 aromatic rings. The molecule has 0 bridgehead atoms. The van der Waals surface area contributed by atoms with E-state index in [4.69, 9.17) is 0 Å². The van der Waals surface area contributed by atoms with E-state index in [-0.39, 0.29) is 0 Å². The molecule has 10 heavy (non-hydrogen) atoms. The third-order valence-corrected chi connectivity index (χ3v) is 2.11. The molecule has 1 heterocycles. The molecule has 1 aliphatic rings. The van der Waals surface area contributed by atoms with Gasteiger partial charge in [-0.2, -0.15) is 0 Å². The standard InChI is InChI=1S/C7H12N2S/c1-2-3-8-4-7-5-10-6-9-7/h3,6-7H,2,4-5H2,1H3. The van der Waals surface area contributed by atoms with Crippen LogP contribution in [0.3, 0.4) is 0 Å². The molecule has 0 saturated heterocycles. The SMILES string of the molecule is CCC=NCC1CSC=N1. The van der Waals surface area contributed by atoms with Crippen LogP contribution in [0.5, 0.6) is 0 Å². The molecule has 56 valence electrons. The predicted molar refractivity (Wildman–Crippen MR) is 48.4 cm³/mol. The minimum Gasteiger partial charge on any atom is -0.295 e. The summed E-state index contributed by atoms with van der Waals surface area (Å²) < 4.78 is 0. The zero-order chi connectivity index (χ0) is 7.23. The maximum absolute atomic E-state index is 4.23. The molecular weight excluding hydrogens is 144 g/mol. The van der Waals surface area contributed by atoms with Crippen molar-refractivity contribution in [3.63, 3.8) is 0 Å². The second-order valence-corrected chi connectivity index (χ2v) is 3.08. The van der Waals surface area contributed by atoms with Crippen LogP contribution in [0.25, 0.3) is 0 Å². The minimum absolute atomic E-state index is 0.452. The Balaban J connectivity index is 2.13. The van der Waals surface area contributed by atoms with E-state index >= 15 is 0 Å². The van der Waals surface area contributed by atoms with Gasteiger partial charge in [0, 0.05) is 5.75 Å². The smallest absolute Gasteiger partial charge is 0.0794 e. The topological polar surface area (TPSA) is 24.7 Å². The largest absolute Gasteiger partial charge is 0.295 e. The van der Waals surface area contributed by atoms with Gasteiger partial charge in [-0.3, -0.25) is 9.98 Å². The van der Waals surface area contributed by atoms with Crippen molar-refractivity contribution in [3.05, 3.63) is 0 Å². The molecule has 0 radical (unpaired) electrons. The fraction of sp³-hybridized carbons (Fsp3) is 0.714. The molecule has 3 heteroatoms. The van der Waals surface area contributed by atoms with Gasteiger partial charge in [-0.05, 0) is 12.6 Å². The van der Waals surface area contributed by atoms with E-state index in [9.17, 15) is 0 Å². The first-order valence-corrected chi connectivity index (χ1v) is 4.60. The van der Waals surface area contributed by atoms with E-state index < -0.39 is 0 Å². The molecule has 1 atom stereocenters. The Kier molecular flexibility index (Phi) is 3.50. The number of hydrogen-bond acceptors (Lipinski definition) is 3. The van der Waals surface area contributed by atoms with Gasteiger partial charge in [-0.25, -0.2) is 0 Å². The number of nitrogens with zero attached hydrogens (tertiary/aromatic N) is 2. The lowest BCUT2D eigenvalue weighted by Gasteiger charge is -1.98. The van der Waals surface area contributed by atoms with Crippen molar-refractivity contribution >= 4 is 23.5 Å². The van der Waals surface area contributed by atoms with Crippen LogP contribution in [-0.2, 0) is 0 Å². The van der Waals surface area contributed by atoms with Gasteiger partial charge in [0.1, 0.15) is 0 Å². The Morgan fingerprint density at radius 2 is 2.80 bits per heavy atom. The third-order valence-electron chi connectivity index (χ3n) is 1.26. The van der Waals surface area contributed by atoms with Crippen molar-refractivity contribution in [1.82, 2.24) is 0 Å². The highest BCUT2D eigenvalue weighted by atomic mass is 32.2. The van der Waals surface area contributed by atoms with Gasteiger partial charge in [-0.15, -0.1) is 11.8 Å². The maximum atomic E-state index is 4.23. The molecule has 2 nitrogen and oxygen atoms in total. The average Bonchev–Trinajstić information content (AvgIpc) is 2.41. The van der Waals surface area contributed by atoms with Crippen molar-refractivity contribution in [2.24, 2.45) is 9.98 Å². The molecule has 1 rings (SSSR count). The highest BCUT2D eigenvalue weighted by Gasteiger charge is 2.08. The first-order valence-electron chi connectivity index (χ1n) is 3.55. The van der Waals surface area contributed by atoms with Crippen LogP contribution in [0.15, 0.2) is 9.98 Å². The zero-order valence-electron chi connectivity index (χ0n) is 6.16. The Labute approximate surface area is 65.8 Å². The van der Waals surface area contributed by atoms with Crippen molar-refractivity contribution in [2.75, 3.05) is 12.3 Å². The van der Waals surface area contributed by atoms with Crippen molar-refractivity contribution < 1.29 is 0 Å². The lowest BCUT2D eigenvalue weighted by atomic mass is 10.3. The Morgan fingerprint density at radius 1 is 1.90 bits per heavy atom. The average molecular weight is 156 g/mol. The summed E-state index contributed by atoms with van der Waals surface area (Å²) in [7, 11) is 0. The van der Waals surface area contributed by atoms with Crippen LogP contribution < -0.4 is 0 Å². The zero-order valence-corrected chi connectivity index (χ0v) is 6.97. The summed E-state index contributed by atoms with van der Waals surface area (Å²) in [5.41, 5.74) is 1.92. The van der Waals surface area contributed by atoms with Gasteiger partial charge in [0.25, 0.3) is 0 Å². The lowest BCUT2D eigenvalue weighted by molar-refractivity contribution is 0.780. The molecule has 1 aliphatic heterocycles. The summed E-state index contributed by atoms with van der Waals surface area (Å²) in [6.45, 7) is 2.97. The predicted octanol–water partition coefficient (Wildman–Crippen LogP) is 1.61. The van der Waals surface area contributed by atoms with Crippen molar-refractivity contribution in [3.8, 4) is 0 Å². The fourth-order valence-electron chi connectivity index (χ4n) is 0.751. The van der Waals surface area contributed by atoms with E-state index in [0.717, 1.165) is 18.7 Å². The lowest BCUT2D eigenvalue weighted by Crippen LogP contribution is -2.07. The van der Waals surface area contributed by atoms with E-state index in [1.807, 2.05) is 11.8 Å². The number of hydrogen-bond donors (Lipinski definition) is 0. The molecule has 0 aliphatic carbocycles. The second kappa shape index (κ2) is 4.50. The highest BCUT2D eigenvalue weighted by molar-refractivity contribution is 8.12. The van der Waals surface area contributed by atoms with E-state index in [0.29, 0.717) is 6.04 Å². The summed E-state index contributed by atoms with van der Waals surface area (Å²) in [5, 5.41) is 0. The fourth-order valence-corrected chi connectivity index (χ4v) is 1.51. The number of thioether (sulfide) groups is 1. The van der Waals surface area contributed by atoms with E-state index in [2.05, 4.69) is 16.9 Å². The van der Waals surface area contributed by atoms with Crippen LogP contribution in [0.2, 0.25) is 0 Å². The molecular formula is C7H12N2S. The van der Waals surface area contributed by atoms with Gasteiger partial charge in [0.2, 0.25) is 0 Å². The second-order valence-electron chi connectivity index (χ2n) is 2.20. The Bertz CT molecular complexity index is 143. The molecule has 0 spiro atoms. The monoisotopic (exact) mass is 156 g/mol. The van der Waals surface area contributed by atoms with Gasteiger partial charge >= 0.3 is 0 Å². The first kappa shape index (κ1) is 7.79. The highest BCUT2D eigenvalue weighted by Crippen LogP contribution is 2.10. The molecule has 0 N–H and O–H groups in total. The molecule has 0 fully saturated rings. The molecule has 0 amide bonds. The summed E-state index contributed by atoms with van der Waals surface area (Å²) in [6, 6.07) is 0.452. The summed E-state index contributed by atoms with van der Waals surface area (Å²) in [5.74, 6) is 1.11. The third kappa shape index (κ3) is 2.52. The van der Waals surface area contributed by atoms with Crippen LogP contribution in [0.4, 0.5) is 0 Å². The summed E-state index contributed by atoms with van der Waals surface area (Å²) in [4.78, 5) is 8.45. The van der Waals surface area contributed by atoms with Gasteiger partial charge in [0.05, 0.1) is 18.1 Å². The van der Waals surface area contributed by atoms with Gasteiger partial charge in [0.15, 0.2) is 0 Å². The van der Waals surface area contributed by atoms with E-state index in [1.54, 1.807) is 11.8 Å². The maximum Gasteiger partial charge on any atom is 0.0794 e. The Morgan fingerprint density at radius 3 is 3.40 bits per heavy atom. The number of aliphatic imine (C=N–C) groups is 2. The van der Waals surface area contributed by atoms with E-state index in [1.165, 1.54) is 0 Å². The van der Waals surface area contributed by atoms with Crippen LogP contribution in [-0.4, -0.2) is 30.1 Å². The Hall–Kier alpha value is -0.310. The molecule has 0 aromatic heterocycles. The summed E-state index contributed by atoms with van der Waals surface area (Å²) >= 11 is 1.77. The molecule has 1 unspecified atom stereocenters. The van der Waals surface area contributed by atoms with Crippen LogP contribution >= 0.6 is 11.8 Å². The quantitative estimate of drug-likeness (QED) is 0.570. The first-order chi connectivity index (χ1) is 4.93. The molecule has 0 aromatic carbocycles. The van der Waals surface area contributed by atoms with Gasteiger partial charge in [-0.1, -0.05) is 6.92 Å². The molecule has 0 saturated carbocycles. The van der Waals surface area contributed by atoms with Crippen molar-refractivity contribution in [2.45, 2.75) is 19.4 Å². The summed E-state index contributed by atoms with van der Waals surface area (Å²) in [6.07, 6.45) is 2.99. The van der Waals surface area contributed by atoms with Crippen LogP contribution in [0.1, 0.15) is 13.3 Å². The van der Waals surface area contributed by atoms with Crippen molar-refractivity contribution in [1.29, 1.82) is 0 Å². The normalized spacial score (nSPS) is 24.7.